The minimum atomic E-state index is 0.0226. The lowest BCUT2D eigenvalue weighted by Gasteiger charge is -2.23. The summed E-state index contributed by atoms with van der Waals surface area (Å²) in [5, 5.41) is 8.66. The van der Waals surface area contributed by atoms with Crippen LogP contribution >= 0.6 is 0 Å². The first-order chi connectivity index (χ1) is 10.0. The van der Waals surface area contributed by atoms with Gasteiger partial charge in [-0.05, 0) is 30.2 Å². The molecule has 114 valence electrons. The third-order valence-corrected chi connectivity index (χ3v) is 2.90. The predicted molar refractivity (Wildman–Crippen MR) is 82.6 cm³/mol. The van der Waals surface area contributed by atoms with E-state index >= 15 is 0 Å². The molecule has 0 aliphatic rings. The minimum Gasteiger partial charge on any atom is -0.493 e. The van der Waals surface area contributed by atoms with Crippen molar-refractivity contribution in [2.75, 3.05) is 25.4 Å². The van der Waals surface area contributed by atoms with Crippen molar-refractivity contribution in [2.24, 2.45) is 5.92 Å². The maximum absolute atomic E-state index is 12.1. The average molecular weight is 289 g/mol. The second-order valence-electron chi connectivity index (χ2n) is 5.31. The van der Waals surface area contributed by atoms with E-state index in [0.29, 0.717) is 49.9 Å². The molecule has 0 radical (unpaired) electrons. The van der Waals surface area contributed by atoms with Gasteiger partial charge in [-0.2, -0.15) is 5.26 Å². The standard InChI is InChI=1S/C16H23N3O2/c1-13(2)12-19(10-3-9-17)16(20)8-11-21-15-6-4-14(18)5-7-15/h4-7,13H,3,8,10-12,18H2,1-2H3. The topological polar surface area (TPSA) is 79.3 Å². The summed E-state index contributed by atoms with van der Waals surface area (Å²) in [5.41, 5.74) is 6.27. The lowest BCUT2D eigenvalue weighted by molar-refractivity contribution is -0.132. The Hall–Kier alpha value is -2.22. The first kappa shape index (κ1) is 16.8. The molecular formula is C16H23N3O2. The summed E-state index contributed by atoms with van der Waals surface area (Å²) in [6.07, 6.45) is 0.666. The molecule has 5 heteroatoms. The van der Waals surface area contributed by atoms with E-state index in [2.05, 4.69) is 19.9 Å². The quantitative estimate of drug-likeness (QED) is 0.745. The van der Waals surface area contributed by atoms with Gasteiger partial charge >= 0.3 is 0 Å². The highest BCUT2D eigenvalue weighted by Gasteiger charge is 2.14. The van der Waals surface area contributed by atoms with Gasteiger partial charge in [0.1, 0.15) is 5.75 Å². The van der Waals surface area contributed by atoms with Gasteiger partial charge in [-0.25, -0.2) is 0 Å². The van der Waals surface area contributed by atoms with Crippen molar-refractivity contribution in [3.8, 4) is 11.8 Å². The van der Waals surface area contributed by atoms with E-state index in [1.54, 1.807) is 29.2 Å². The van der Waals surface area contributed by atoms with E-state index in [4.69, 9.17) is 15.7 Å². The first-order valence-electron chi connectivity index (χ1n) is 7.16. The van der Waals surface area contributed by atoms with Crippen LogP contribution in [-0.4, -0.2) is 30.5 Å². The number of amides is 1. The lowest BCUT2D eigenvalue weighted by atomic mass is 10.2. The van der Waals surface area contributed by atoms with Crippen LogP contribution in [0.3, 0.4) is 0 Å². The molecular weight excluding hydrogens is 266 g/mol. The zero-order chi connectivity index (χ0) is 15.7. The van der Waals surface area contributed by atoms with Gasteiger partial charge < -0.3 is 15.4 Å². The zero-order valence-electron chi connectivity index (χ0n) is 12.7. The molecule has 1 aromatic carbocycles. The highest BCUT2D eigenvalue weighted by molar-refractivity contribution is 5.76. The summed E-state index contributed by atoms with van der Waals surface area (Å²) in [6, 6.07) is 9.15. The number of nitriles is 1. The Kier molecular flexibility index (Phi) is 7.10. The van der Waals surface area contributed by atoms with Crippen molar-refractivity contribution < 1.29 is 9.53 Å². The molecule has 0 aliphatic heterocycles. The van der Waals surface area contributed by atoms with E-state index in [-0.39, 0.29) is 5.91 Å². The molecule has 0 unspecified atom stereocenters. The van der Waals surface area contributed by atoms with Crippen molar-refractivity contribution >= 4 is 11.6 Å². The first-order valence-corrected chi connectivity index (χ1v) is 7.16. The number of benzene rings is 1. The molecule has 21 heavy (non-hydrogen) atoms. The Labute approximate surface area is 126 Å². The van der Waals surface area contributed by atoms with Crippen LogP contribution in [0, 0.1) is 17.2 Å². The van der Waals surface area contributed by atoms with E-state index in [0.717, 1.165) is 0 Å². The number of rotatable bonds is 8. The van der Waals surface area contributed by atoms with E-state index in [1.807, 2.05) is 0 Å². The molecule has 0 bridgehead atoms. The van der Waals surface area contributed by atoms with Crippen molar-refractivity contribution in [3.05, 3.63) is 24.3 Å². The molecule has 0 heterocycles. The van der Waals surface area contributed by atoms with E-state index in [1.165, 1.54) is 0 Å². The summed E-state index contributed by atoms with van der Waals surface area (Å²) in [5.74, 6) is 1.10. The molecule has 0 atom stereocenters. The van der Waals surface area contributed by atoms with Gasteiger partial charge in [-0.15, -0.1) is 0 Å². The van der Waals surface area contributed by atoms with E-state index < -0.39 is 0 Å². The molecule has 1 rings (SSSR count). The normalized spacial score (nSPS) is 10.2. The number of hydrogen-bond acceptors (Lipinski definition) is 4. The fraction of sp³-hybridized carbons (Fsp3) is 0.500. The highest BCUT2D eigenvalue weighted by Crippen LogP contribution is 2.13. The molecule has 0 saturated heterocycles. The number of hydrogen-bond donors (Lipinski definition) is 1. The van der Waals surface area contributed by atoms with Crippen molar-refractivity contribution in [1.82, 2.24) is 4.90 Å². The van der Waals surface area contributed by atoms with Crippen molar-refractivity contribution in [1.29, 1.82) is 5.26 Å². The summed E-state index contributed by atoms with van der Waals surface area (Å²) in [6.45, 7) is 5.58. The van der Waals surface area contributed by atoms with Crippen LogP contribution in [0.4, 0.5) is 5.69 Å². The lowest BCUT2D eigenvalue weighted by Crippen LogP contribution is -2.35. The number of nitrogens with two attached hydrogens (primary N) is 1. The van der Waals surface area contributed by atoms with Gasteiger partial charge in [0.2, 0.25) is 5.91 Å². The minimum absolute atomic E-state index is 0.0226. The molecule has 5 nitrogen and oxygen atoms in total. The Morgan fingerprint density at radius 2 is 2.05 bits per heavy atom. The van der Waals surface area contributed by atoms with Crippen LogP contribution in [0.2, 0.25) is 0 Å². The summed E-state index contributed by atoms with van der Waals surface area (Å²) >= 11 is 0. The van der Waals surface area contributed by atoms with Gasteiger partial charge in [0, 0.05) is 18.8 Å². The molecule has 1 aromatic rings. The third kappa shape index (κ3) is 6.66. The number of carbonyl (C=O) groups is 1. The SMILES string of the molecule is CC(C)CN(CCC#N)C(=O)CCOc1ccc(N)cc1. The van der Waals surface area contributed by atoms with Gasteiger partial charge in [-0.1, -0.05) is 13.8 Å². The second kappa shape index (κ2) is 8.85. The van der Waals surface area contributed by atoms with Gasteiger partial charge in [-0.3, -0.25) is 4.79 Å². The number of nitrogens with zero attached hydrogens (tertiary/aromatic N) is 2. The predicted octanol–water partition coefficient (Wildman–Crippen LogP) is 2.44. The van der Waals surface area contributed by atoms with Gasteiger partial charge in [0.05, 0.1) is 25.5 Å². The summed E-state index contributed by atoms with van der Waals surface area (Å²) in [7, 11) is 0. The van der Waals surface area contributed by atoms with E-state index in [9.17, 15) is 4.79 Å². The molecule has 0 fully saturated rings. The second-order valence-corrected chi connectivity index (χ2v) is 5.31. The Balaban J connectivity index is 2.41. The fourth-order valence-electron chi connectivity index (χ4n) is 1.92. The maximum atomic E-state index is 12.1. The third-order valence-electron chi connectivity index (χ3n) is 2.90. The molecule has 0 spiro atoms. The van der Waals surface area contributed by atoms with Crippen LogP contribution in [0.15, 0.2) is 24.3 Å². The average Bonchev–Trinajstić information content (AvgIpc) is 2.45. The smallest absolute Gasteiger partial charge is 0.226 e. The summed E-state index contributed by atoms with van der Waals surface area (Å²) < 4.78 is 5.52. The summed E-state index contributed by atoms with van der Waals surface area (Å²) in [4.78, 5) is 13.9. The van der Waals surface area contributed by atoms with Crippen molar-refractivity contribution in [3.63, 3.8) is 0 Å². The van der Waals surface area contributed by atoms with Crippen LogP contribution in [0.5, 0.6) is 5.75 Å². The van der Waals surface area contributed by atoms with Crippen LogP contribution in [0.1, 0.15) is 26.7 Å². The maximum Gasteiger partial charge on any atom is 0.226 e. The van der Waals surface area contributed by atoms with Crippen molar-refractivity contribution in [2.45, 2.75) is 26.7 Å². The van der Waals surface area contributed by atoms with Gasteiger partial charge in [0.15, 0.2) is 0 Å². The Bertz CT molecular complexity index is 477. The fourth-order valence-corrected chi connectivity index (χ4v) is 1.92. The largest absolute Gasteiger partial charge is 0.493 e. The van der Waals surface area contributed by atoms with Crippen LogP contribution in [0.25, 0.3) is 0 Å². The molecule has 0 saturated carbocycles. The number of carbonyl (C=O) groups excluding carboxylic acids is 1. The Morgan fingerprint density at radius 3 is 2.62 bits per heavy atom. The molecule has 1 amide bonds. The zero-order valence-corrected chi connectivity index (χ0v) is 12.7. The number of nitrogen functional groups attached to an aromatic ring is 1. The Morgan fingerprint density at radius 1 is 1.38 bits per heavy atom. The van der Waals surface area contributed by atoms with Crippen LogP contribution < -0.4 is 10.5 Å². The molecule has 2 N–H and O–H groups in total. The molecule has 0 aromatic heterocycles. The number of ether oxygens (including phenoxy) is 1. The number of anilines is 1. The van der Waals surface area contributed by atoms with Gasteiger partial charge in [0.25, 0.3) is 0 Å². The highest BCUT2D eigenvalue weighted by atomic mass is 16.5. The molecule has 0 aliphatic carbocycles. The monoisotopic (exact) mass is 289 g/mol. The van der Waals surface area contributed by atoms with Crippen LogP contribution in [-0.2, 0) is 4.79 Å².